The van der Waals surface area contributed by atoms with Gasteiger partial charge in [0, 0.05) is 24.3 Å². The summed E-state index contributed by atoms with van der Waals surface area (Å²) >= 11 is 0. The molecule has 2 N–H and O–H groups in total. The minimum absolute atomic E-state index is 0.0933. The second kappa shape index (κ2) is 7.57. The number of aromatic amines is 1. The normalized spacial score (nSPS) is 20.4. The minimum atomic E-state index is -0.0933. The van der Waals surface area contributed by atoms with Gasteiger partial charge < -0.3 is 15.2 Å². The van der Waals surface area contributed by atoms with Gasteiger partial charge in [0.05, 0.1) is 5.92 Å². The van der Waals surface area contributed by atoms with Crippen LogP contribution < -0.4 is 5.32 Å². The van der Waals surface area contributed by atoms with E-state index in [9.17, 15) is 4.79 Å². The maximum Gasteiger partial charge on any atom is 0.228 e. The maximum atomic E-state index is 13.2. The predicted molar refractivity (Wildman–Crippen MR) is 110 cm³/mol. The Labute approximate surface area is 160 Å². The van der Waals surface area contributed by atoms with E-state index in [-0.39, 0.29) is 11.8 Å². The maximum absolute atomic E-state index is 13.2. The lowest BCUT2D eigenvalue weighted by molar-refractivity contribution is -0.125. The smallest absolute Gasteiger partial charge is 0.228 e. The summed E-state index contributed by atoms with van der Waals surface area (Å²) in [6.07, 6.45) is 4.09. The van der Waals surface area contributed by atoms with Crippen molar-refractivity contribution in [2.45, 2.75) is 31.3 Å². The highest BCUT2D eigenvalue weighted by Crippen LogP contribution is 2.42. The fourth-order valence-corrected chi connectivity index (χ4v) is 4.12. The third kappa shape index (κ3) is 3.76. The van der Waals surface area contributed by atoms with Crippen molar-refractivity contribution in [1.82, 2.24) is 15.2 Å². The zero-order valence-electron chi connectivity index (χ0n) is 16.0. The van der Waals surface area contributed by atoms with E-state index in [0.29, 0.717) is 18.5 Å². The Morgan fingerprint density at radius 2 is 1.93 bits per heavy atom. The molecule has 2 aromatic carbocycles. The molecule has 1 atom stereocenters. The van der Waals surface area contributed by atoms with E-state index in [4.69, 9.17) is 0 Å². The Kier molecular flexibility index (Phi) is 4.99. The molecule has 1 unspecified atom stereocenters. The molecule has 4 nitrogen and oxygen atoms in total. The van der Waals surface area contributed by atoms with Crippen LogP contribution in [0.5, 0.6) is 0 Å². The highest BCUT2D eigenvalue weighted by atomic mass is 16.1. The molecule has 3 aromatic rings. The van der Waals surface area contributed by atoms with E-state index >= 15 is 0 Å². The van der Waals surface area contributed by atoms with Crippen LogP contribution >= 0.6 is 0 Å². The predicted octanol–water partition coefficient (Wildman–Crippen LogP) is 3.91. The molecule has 0 radical (unpaired) electrons. The lowest BCUT2D eigenvalue weighted by Gasteiger charge is -2.43. The van der Waals surface area contributed by atoms with E-state index in [1.54, 1.807) is 0 Å². The van der Waals surface area contributed by atoms with Crippen LogP contribution in [0.15, 0.2) is 60.8 Å². The molecule has 1 amide bonds. The number of nitrogens with zero attached hydrogens (tertiary/aromatic N) is 1. The summed E-state index contributed by atoms with van der Waals surface area (Å²) in [5, 5.41) is 4.34. The van der Waals surface area contributed by atoms with Crippen LogP contribution in [0, 0.1) is 5.92 Å². The van der Waals surface area contributed by atoms with Crippen molar-refractivity contribution >= 4 is 16.8 Å². The fraction of sp³-hybridized carbons (Fsp3) is 0.348. The molecule has 1 heterocycles. The minimum Gasteiger partial charge on any atom is -0.361 e. The number of aromatic nitrogens is 1. The van der Waals surface area contributed by atoms with E-state index < -0.39 is 0 Å². The summed E-state index contributed by atoms with van der Waals surface area (Å²) in [6.45, 7) is 0.576. The number of amides is 1. The van der Waals surface area contributed by atoms with Crippen LogP contribution in [-0.4, -0.2) is 35.9 Å². The number of carbonyl (C=O) groups excluding carboxylic acids is 1. The quantitative estimate of drug-likeness (QED) is 0.699. The first-order valence-electron chi connectivity index (χ1n) is 9.67. The Hall–Kier alpha value is -2.59. The van der Waals surface area contributed by atoms with Crippen molar-refractivity contribution in [3.63, 3.8) is 0 Å². The first kappa shape index (κ1) is 17.8. The molecule has 0 saturated heterocycles. The van der Waals surface area contributed by atoms with Gasteiger partial charge in [0.1, 0.15) is 0 Å². The molecule has 4 heteroatoms. The summed E-state index contributed by atoms with van der Waals surface area (Å²) in [6, 6.07) is 19.1. The van der Waals surface area contributed by atoms with Gasteiger partial charge in [0.15, 0.2) is 0 Å². The molecule has 0 spiro atoms. The van der Waals surface area contributed by atoms with E-state index in [2.05, 4.69) is 53.6 Å². The molecule has 1 fully saturated rings. The Morgan fingerprint density at radius 1 is 1.15 bits per heavy atom. The number of hydrogen-bond acceptors (Lipinski definition) is 2. The van der Waals surface area contributed by atoms with E-state index in [1.165, 1.54) is 0 Å². The first-order chi connectivity index (χ1) is 13.1. The number of fused-ring (bicyclic) bond motifs is 1. The monoisotopic (exact) mass is 361 g/mol. The van der Waals surface area contributed by atoms with Crippen molar-refractivity contribution in [1.29, 1.82) is 0 Å². The molecule has 4 rings (SSSR count). The third-order valence-electron chi connectivity index (χ3n) is 5.88. The zero-order chi connectivity index (χ0) is 18.8. The molecule has 1 saturated carbocycles. The molecule has 1 aromatic heterocycles. The van der Waals surface area contributed by atoms with E-state index in [0.717, 1.165) is 34.9 Å². The summed E-state index contributed by atoms with van der Waals surface area (Å²) in [7, 11) is 4.24. The number of H-pyrrole nitrogens is 1. The molecule has 140 valence electrons. The molecular formula is C23H27N3O. The van der Waals surface area contributed by atoms with Crippen LogP contribution in [-0.2, 0) is 11.3 Å². The van der Waals surface area contributed by atoms with Crippen LogP contribution in [0.2, 0.25) is 0 Å². The van der Waals surface area contributed by atoms with Gasteiger partial charge in [0.25, 0.3) is 0 Å². The SMILES string of the molecule is CN(C)C1CC(C(C(=O)NCc2ccccc2)c2ccc3[nH]ccc3c2)C1. The second-order valence-corrected chi connectivity index (χ2v) is 7.85. The van der Waals surface area contributed by atoms with E-state index in [1.807, 2.05) is 36.5 Å². The summed E-state index contributed by atoms with van der Waals surface area (Å²) in [4.78, 5) is 18.7. The first-order valence-corrected chi connectivity index (χ1v) is 9.67. The molecule has 27 heavy (non-hydrogen) atoms. The zero-order valence-corrected chi connectivity index (χ0v) is 16.0. The van der Waals surface area contributed by atoms with Gasteiger partial charge >= 0.3 is 0 Å². The average molecular weight is 361 g/mol. The average Bonchev–Trinajstić information content (AvgIpc) is 3.10. The van der Waals surface area contributed by atoms with Crippen molar-refractivity contribution < 1.29 is 4.79 Å². The van der Waals surface area contributed by atoms with Crippen molar-refractivity contribution in [2.75, 3.05) is 14.1 Å². The van der Waals surface area contributed by atoms with Crippen molar-refractivity contribution in [2.24, 2.45) is 5.92 Å². The summed E-state index contributed by atoms with van der Waals surface area (Å²) < 4.78 is 0. The van der Waals surface area contributed by atoms with Gasteiger partial charge in [-0.15, -0.1) is 0 Å². The lowest BCUT2D eigenvalue weighted by atomic mass is 9.69. The number of hydrogen-bond donors (Lipinski definition) is 2. The van der Waals surface area contributed by atoms with Gasteiger partial charge in [-0.2, -0.15) is 0 Å². The topological polar surface area (TPSA) is 48.1 Å². The molecule has 1 aliphatic carbocycles. The summed E-state index contributed by atoms with van der Waals surface area (Å²) in [5.74, 6) is 0.435. The number of nitrogens with one attached hydrogen (secondary N) is 2. The Morgan fingerprint density at radius 3 is 2.67 bits per heavy atom. The van der Waals surface area contributed by atoms with Crippen molar-refractivity contribution in [3.05, 3.63) is 71.9 Å². The van der Waals surface area contributed by atoms with Gasteiger partial charge in [0.2, 0.25) is 5.91 Å². The van der Waals surface area contributed by atoms with Crippen molar-refractivity contribution in [3.8, 4) is 0 Å². The van der Waals surface area contributed by atoms with Gasteiger partial charge in [-0.1, -0.05) is 36.4 Å². The van der Waals surface area contributed by atoms with Gasteiger partial charge in [-0.25, -0.2) is 0 Å². The third-order valence-corrected chi connectivity index (χ3v) is 5.88. The molecular weight excluding hydrogens is 334 g/mol. The van der Waals surface area contributed by atoms with Crippen LogP contribution in [0.4, 0.5) is 0 Å². The molecule has 1 aliphatic rings. The fourth-order valence-electron chi connectivity index (χ4n) is 4.12. The van der Waals surface area contributed by atoms with Gasteiger partial charge in [-0.05, 0) is 67.6 Å². The molecule has 0 bridgehead atoms. The van der Waals surface area contributed by atoms with Crippen LogP contribution in [0.1, 0.15) is 29.9 Å². The summed E-state index contributed by atoms with van der Waals surface area (Å²) in [5.41, 5.74) is 3.36. The lowest BCUT2D eigenvalue weighted by Crippen LogP contribution is -2.46. The Balaban J connectivity index is 1.54. The van der Waals surface area contributed by atoms with Crippen LogP contribution in [0.3, 0.4) is 0 Å². The largest absolute Gasteiger partial charge is 0.361 e. The number of carbonyl (C=O) groups is 1. The molecule has 0 aliphatic heterocycles. The van der Waals surface area contributed by atoms with Gasteiger partial charge in [-0.3, -0.25) is 4.79 Å². The second-order valence-electron chi connectivity index (χ2n) is 7.85. The highest BCUT2D eigenvalue weighted by molar-refractivity contribution is 5.87. The van der Waals surface area contributed by atoms with Crippen LogP contribution in [0.25, 0.3) is 10.9 Å². The highest BCUT2D eigenvalue weighted by Gasteiger charge is 2.40. The number of rotatable bonds is 6. The standard InChI is InChI=1S/C23H27N3O/c1-26(2)20-13-19(14-20)22(18-8-9-21-17(12-18)10-11-24-21)23(27)25-15-16-6-4-3-5-7-16/h3-12,19-20,22,24H,13-15H2,1-2H3,(H,25,27). The number of benzene rings is 2. The Bertz CT molecular complexity index is 910.